The second kappa shape index (κ2) is 17.7. The largest absolute Gasteiger partial charge is 0.310 e. The summed E-state index contributed by atoms with van der Waals surface area (Å²) in [6, 6.07) is 97.8. The number of fused-ring (bicyclic) bond motifs is 2. The molecule has 3 heteroatoms. The molecule has 0 saturated carbocycles. The average molecular weight is 868 g/mol. The summed E-state index contributed by atoms with van der Waals surface area (Å²) in [5.74, 6) is 0. The number of anilines is 3. The highest BCUT2D eigenvalue weighted by atomic mass is 15.3. The van der Waals surface area contributed by atoms with E-state index in [1.54, 1.807) is 0 Å². The Hall–Kier alpha value is -9.05. The van der Waals surface area contributed by atoms with Gasteiger partial charge in [-0.2, -0.15) is 5.10 Å². The predicted octanol–water partition coefficient (Wildman–Crippen LogP) is 17.7. The van der Waals surface area contributed by atoms with Crippen LogP contribution in [0.25, 0.3) is 94.3 Å². The zero-order valence-electron chi connectivity index (χ0n) is 37.3. The number of benzene rings is 11. The predicted molar refractivity (Wildman–Crippen MR) is 286 cm³/mol. The van der Waals surface area contributed by atoms with Crippen LogP contribution in [-0.2, 0) is 0 Å². The molecule has 0 aliphatic heterocycles. The third kappa shape index (κ3) is 7.62. The first-order valence-electron chi connectivity index (χ1n) is 23.2. The van der Waals surface area contributed by atoms with E-state index in [1.165, 1.54) is 43.8 Å². The molecule has 0 amide bonds. The van der Waals surface area contributed by atoms with Crippen molar-refractivity contribution in [3.8, 4) is 72.7 Å². The van der Waals surface area contributed by atoms with Crippen molar-refractivity contribution in [2.75, 3.05) is 4.90 Å². The molecule has 11 aromatic carbocycles. The van der Waals surface area contributed by atoms with Gasteiger partial charge in [0.05, 0.1) is 11.4 Å². The minimum atomic E-state index is 0.949. The number of aromatic nitrogens is 2. The SMILES string of the molecule is c1ccc(-c2nn(-c3ccc(-c4ccccc4-c4ccccc4-c4ccc(N(c5ccc6ccccc6c5)c5ccc6ccccc6c5)cc4)cc3)c(-c3ccccc3)c2-c2ccccc2)cc1. The molecule has 0 fully saturated rings. The lowest BCUT2D eigenvalue weighted by molar-refractivity contribution is 0.892. The molecule has 0 atom stereocenters. The number of hydrogen-bond acceptors (Lipinski definition) is 2. The first kappa shape index (κ1) is 40.5. The maximum atomic E-state index is 5.41. The molecular formula is C65H45N3. The Morgan fingerprint density at radius 2 is 0.676 bits per heavy atom. The molecule has 0 aliphatic carbocycles. The quantitative estimate of drug-likeness (QED) is 0.137. The summed E-state index contributed by atoms with van der Waals surface area (Å²) < 4.78 is 2.12. The van der Waals surface area contributed by atoms with E-state index in [2.05, 4.69) is 283 Å². The van der Waals surface area contributed by atoms with Crippen LogP contribution in [0, 0.1) is 0 Å². The first-order valence-corrected chi connectivity index (χ1v) is 23.2. The van der Waals surface area contributed by atoms with Gasteiger partial charge in [-0.3, -0.25) is 0 Å². The highest BCUT2D eigenvalue weighted by Gasteiger charge is 2.23. The maximum Gasteiger partial charge on any atom is 0.101 e. The van der Waals surface area contributed by atoms with Gasteiger partial charge in [0.2, 0.25) is 0 Å². The Bertz CT molecular complexity index is 3630. The van der Waals surface area contributed by atoms with Crippen molar-refractivity contribution in [2.45, 2.75) is 0 Å². The molecule has 0 radical (unpaired) electrons. The normalized spacial score (nSPS) is 11.2. The molecule has 0 saturated heterocycles. The third-order valence-corrected chi connectivity index (χ3v) is 13.0. The minimum absolute atomic E-state index is 0.949. The zero-order valence-corrected chi connectivity index (χ0v) is 37.3. The summed E-state index contributed by atoms with van der Waals surface area (Å²) in [6.07, 6.45) is 0. The lowest BCUT2D eigenvalue weighted by Crippen LogP contribution is -2.09. The molecule has 12 aromatic rings. The molecule has 68 heavy (non-hydrogen) atoms. The van der Waals surface area contributed by atoms with E-state index >= 15 is 0 Å². The van der Waals surface area contributed by atoms with Crippen LogP contribution in [0.3, 0.4) is 0 Å². The van der Waals surface area contributed by atoms with Gasteiger partial charge < -0.3 is 4.90 Å². The van der Waals surface area contributed by atoms with Gasteiger partial charge in [-0.05, 0) is 109 Å². The Morgan fingerprint density at radius 1 is 0.279 bits per heavy atom. The van der Waals surface area contributed by atoms with Crippen LogP contribution in [0.1, 0.15) is 0 Å². The molecule has 320 valence electrons. The maximum absolute atomic E-state index is 5.41. The standard InChI is InChI=1S/C65H45N3/c1-4-20-50(21-5-1)63-64(51-22-6-2-7-23-51)66-68(65(63)52-24-8-3-9-25-52)56-40-36-49(37-41-56)60-29-15-17-31-62(60)61-30-16-14-28-59(61)48-34-38-55(39-35-48)67(57-42-32-46-18-10-12-26-53(46)44-57)58-43-33-47-19-11-13-27-54(47)45-58/h1-45H. The van der Waals surface area contributed by atoms with Crippen LogP contribution < -0.4 is 4.90 Å². The summed E-state index contributed by atoms with van der Waals surface area (Å²) >= 11 is 0. The smallest absolute Gasteiger partial charge is 0.101 e. The van der Waals surface area contributed by atoms with E-state index in [1.807, 2.05) is 0 Å². The second-order valence-corrected chi connectivity index (χ2v) is 17.2. The van der Waals surface area contributed by atoms with Gasteiger partial charge in [0, 0.05) is 33.8 Å². The first-order chi connectivity index (χ1) is 33.7. The third-order valence-electron chi connectivity index (χ3n) is 13.0. The van der Waals surface area contributed by atoms with Crippen molar-refractivity contribution in [3.05, 3.63) is 273 Å². The van der Waals surface area contributed by atoms with Crippen molar-refractivity contribution < 1.29 is 0 Å². The van der Waals surface area contributed by atoms with Gasteiger partial charge in [-0.15, -0.1) is 0 Å². The van der Waals surface area contributed by atoms with Crippen molar-refractivity contribution in [1.29, 1.82) is 0 Å². The summed E-state index contributed by atoms with van der Waals surface area (Å²) in [4.78, 5) is 2.37. The molecule has 1 aromatic heterocycles. The summed E-state index contributed by atoms with van der Waals surface area (Å²) in [5.41, 5.74) is 17.7. The Balaban J connectivity index is 0.920. The molecular weight excluding hydrogens is 823 g/mol. The van der Waals surface area contributed by atoms with Gasteiger partial charge in [0.1, 0.15) is 5.69 Å². The van der Waals surface area contributed by atoms with Crippen molar-refractivity contribution in [1.82, 2.24) is 9.78 Å². The molecule has 3 nitrogen and oxygen atoms in total. The number of rotatable bonds is 10. The highest BCUT2D eigenvalue weighted by molar-refractivity contribution is 5.96. The average Bonchev–Trinajstić information content (AvgIpc) is 3.83. The summed E-state index contributed by atoms with van der Waals surface area (Å²) in [7, 11) is 0. The zero-order chi connectivity index (χ0) is 45.2. The van der Waals surface area contributed by atoms with Gasteiger partial charge >= 0.3 is 0 Å². The molecule has 1 heterocycles. The van der Waals surface area contributed by atoms with Crippen molar-refractivity contribution >= 4 is 38.6 Å². The van der Waals surface area contributed by atoms with Gasteiger partial charge in [-0.25, -0.2) is 4.68 Å². The fourth-order valence-electron chi connectivity index (χ4n) is 9.73. The van der Waals surface area contributed by atoms with Crippen LogP contribution in [0.2, 0.25) is 0 Å². The molecule has 0 spiro atoms. The molecule has 0 bridgehead atoms. The Labute approximate surface area is 397 Å². The van der Waals surface area contributed by atoms with E-state index in [0.717, 1.165) is 67.5 Å². The minimum Gasteiger partial charge on any atom is -0.310 e. The van der Waals surface area contributed by atoms with Gasteiger partial charge in [0.15, 0.2) is 0 Å². The number of nitrogens with zero attached hydrogens (tertiary/aromatic N) is 3. The Kier molecular flexibility index (Phi) is 10.6. The van der Waals surface area contributed by atoms with Crippen LogP contribution in [0.15, 0.2) is 273 Å². The molecule has 0 aliphatic rings. The van der Waals surface area contributed by atoms with Crippen molar-refractivity contribution in [2.24, 2.45) is 0 Å². The van der Waals surface area contributed by atoms with Crippen LogP contribution in [-0.4, -0.2) is 9.78 Å². The van der Waals surface area contributed by atoms with Crippen LogP contribution in [0.4, 0.5) is 17.1 Å². The fourth-order valence-corrected chi connectivity index (χ4v) is 9.73. The Morgan fingerprint density at radius 3 is 1.19 bits per heavy atom. The van der Waals surface area contributed by atoms with Crippen LogP contribution >= 0.6 is 0 Å². The number of hydrogen-bond donors (Lipinski definition) is 0. The highest BCUT2D eigenvalue weighted by Crippen LogP contribution is 2.44. The summed E-state index contributed by atoms with van der Waals surface area (Å²) in [6.45, 7) is 0. The van der Waals surface area contributed by atoms with E-state index in [-0.39, 0.29) is 0 Å². The second-order valence-electron chi connectivity index (χ2n) is 17.2. The fraction of sp³-hybridized carbons (Fsp3) is 0. The summed E-state index contributed by atoms with van der Waals surface area (Å²) in [5, 5.41) is 10.3. The van der Waals surface area contributed by atoms with Crippen molar-refractivity contribution in [3.63, 3.8) is 0 Å². The van der Waals surface area contributed by atoms with E-state index in [0.29, 0.717) is 0 Å². The molecule has 0 unspecified atom stereocenters. The molecule has 12 rings (SSSR count). The lowest BCUT2D eigenvalue weighted by atomic mass is 9.89. The van der Waals surface area contributed by atoms with Gasteiger partial charge in [0.25, 0.3) is 0 Å². The van der Waals surface area contributed by atoms with Gasteiger partial charge in [-0.1, -0.05) is 224 Å². The molecule has 0 N–H and O–H groups in total. The van der Waals surface area contributed by atoms with Crippen LogP contribution in [0.5, 0.6) is 0 Å². The van der Waals surface area contributed by atoms with E-state index < -0.39 is 0 Å². The van der Waals surface area contributed by atoms with E-state index in [9.17, 15) is 0 Å². The topological polar surface area (TPSA) is 21.1 Å². The lowest BCUT2D eigenvalue weighted by Gasteiger charge is -2.26. The monoisotopic (exact) mass is 867 g/mol. The van der Waals surface area contributed by atoms with E-state index in [4.69, 9.17) is 5.10 Å².